The fourth-order valence-electron chi connectivity index (χ4n) is 4.44. The first-order valence-electron chi connectivity index (χ1n) is 18.2. The van der Waals surface area contributed by atoms with Crippen molar-refractivity contribution in [2.75, 3.05) is 40.9 Å². The molecule has 0 aliphatic rings. The highest BCUT2D eigenvalue weighted by Crippen LogP contribution is 2.38. The van der Waals surface area contributed by atoms with Gasteiger partial charge in [0.25, 0.3) is 7.82 Å². The van der Waals surface area contributed by atoms with Gasteiger partial charge in [0.2, 0.25) is 5.91 Å². The lowest BCUT2D eigenvalue weighted by atomic mass is 10.1. The number of hydrogen-bond acceptors (Lipinski definition) is 6. The number of unbranched alkanes of at least 4 members (excludes halogenated alkanes) is 10. The Morgan fingerprint density at radius 3 is 1.91 bits per heavy atom. The first-order valence-corrected chi connectivity index (χ1v) is 19.6. The van der Waals surface area contributed by atoms with Crippen molar-refractivity contribution < 1.29 is 32.9 Å². The van der Waals surface area contributed by atoms with Gasteiger partial charge in [0.15, 0.2) is 0 Å². The van der Waals surface area contributed by atoms with E-state index in [0.717, 1.165) is 77.0 Å². The van der Waals surface area contributed by atoms with Crippen LogP contribution < -0.4 is 10.2 Å². The maximum atomic E-state index is 12.7. The molecule has 0 fully saturated rings. The average Bonchev–Trinajstić information content (AvgIpc) is 3.01. The molecule has 8 nitrogen and oxygen atoms in total. The summed E-state index contributed by atoms with van der Waals surface area (Å²) >= 11 is 0. The molecule has 0 bridgehead atoms. The van der Waals surface area contributed by atoms with Gasteiger partial charge in [-0.3, -0.25) is 9.36 Å². The second-order valence-electron chi connectivity index (χ2n) is 13.2. The third-order valence-electron chi connectivity index (χ3n) is 7.41. The van der Waals surface area contributed by atoms with E-state index in [1.54, 1.807) is 6.08 Å². The molecule has 0 aromatic carbocycles. The van der Waals surface area contributed by atoms with Crippen molar-refractivity contribution in [1.29, 1.82) is 0 Å². The monoisotopic (exact) mass is 680 g/mol. The molecule has 0 aliphatic heterocycles. The number of phosphoric acid groups is 1. The minimum atomic E-state index is -4.59. The zero-order valence-corrected chi connectivity index (χ0v) is 31.3. The number of aliphatic hydroxyl groups excluding tert-OH is 1. The highest BCUT2D eigenvalue weighted by Gasteiger charge is 2.23. The lowest BCUT2D eigenvalue weighted by Gasteiger charge is -2.29. The van der Waals surface area contributed by atoms with Gasteiger partial charge < -0.3 is 28.8 Å². The quantitative estimate of drug-likeness (QED) is 0.0329. The molecular weight excluding hydrogens is 611 g/mol. The van der Waals surface area contributed by atoms with Gasteiger partial charge in [-0.05, 0) is 64.2 Å². The molecule has 272 valence electrons. The van der Waals surface area contributed by atoms with Gasteiger partial charge in [0, 0.05) is 6.42 Å². The van der Waals surface area contributed by atoms with E-state index in [1.165, 1.54) is 25.7 Å². The predicted molar refractivity (Wildman–Crippen MR) is 196 cm³/mol. The number of nitrogens with zero attached hydrogens (tertiary/aromatic N) is 1. The number of carbonyl (C=O) groups is 1. The van der Waals surface area contributed by atoms with E-state index < -0.39 is 26.6 Å². The second kappa shape index (κ2) is 30.3. The van der Waals surface area contributed by atoms with Crippen LogP contribution in [0, 0.1) is 0 Å². The van der Waals surface area contributed by atoms with Gasteiger partial charge >= 0.3 is 0 Å². The van der Waals surface area contributed by atoms with E-state index >= 15 is 0 Å². The molecule has 0 saturated heterocycles. The standard InChI is InChI=1S/C38H69N2O6P/c1-6-8-10-12-14-16-18-19-20-22-24-26-28-30-32-38(42)39-36(35-46-47(43,44)45-34-33-40(3,4)5)37(41)31-29-27-25-23-21-17-15-13-11-9-7-2/h11-14,18-19,21,23,29,31,36-37,41H,6-10,15-17,20,22,24-28,30,32-35H2,1-5H3,(H-,39,42,43,44)/b13-11+,14-12-,19-18-,23-21+,31-29+. The van der Waals surface area contributed by atoms with Crippen LogP contribution in [0.2, 0.25) is 0 Å². The van der Waals surface area contributed by atoms with Crippen LogP contribution >= 0.6 is 7.82 Å². The summed E-state index contributed by atoms with van der Waals surface area (Å²) in [4.78, 5) is 25.1. The fourth-order valence-corrected chi connectivity index (χ4v) is 5.16. The molecule has 0 spiro atoms. The fraction of sp³-hybridized carbons (Fsp3) is 0.711. The van der Waals surface area contributed by atoms with Crippen molar-refractivity contribution in [2.45, 2.75) is 135 Å². The molecule has 0 rings (SSSR count). The Labute approximate surface area is 288 Å². The van der Waals surface area contributed by atoms with Gasteiger partial charge in [-0.1, -0.05) is 113 Å². The van der Waals surface area contributed by atoms with Crippen LogP contribution in [0.15, 0.2) is 60.8 Å². The summed E-state index contributed by atoms with van der Waals surface area (Å²) in [5.41, 5.74) is 0. The maximum Gasteiger partial charge on any atom is 0.268 e. The zero-order chi connectivity index (χ0) is 35.1. The van der Waals surface area contributed by atoms with Crippen molar-refractivity contribution in [3.05, 3.63) is 60.8 Å². The minimum absolute atomic E-state index is 0.0148. The van der Waals surface area contributed by atoms with Crippen LogP contribution in [0.25, 0.3) is 0 Å². The number of quaternary nitrogens is 1. The number of hydrogen-bond donors (Lipinski definition) is 2. The third-order valence-corrected chi connectivity index (χ3v) is 8.37. The number of phosphoric ester groups is 1. The Morgan fingerprint density at radius 1 is 0.745 bits per heavy atom. The van der Waals surface area contributed by atoms with Crippen LogP contribution in [0.4, 0.5) is 0 Å². The number of likely N-dealkylation sites (N-methyl/N-ethyl adjacent to an activating group) is 1. The highest BCUT2D eigenvalue weighted by atomic mass is 31.2. The molecular formula is C38H69N2O6P. The molecule has 0 radical (unpaired) electrons. The molecule has 3 unspecified atom stereocenters. The van der Waals surface area contributed by atoms with Crippen LogP contribution in [-0.2, 0) is 18.4 Å². The summed E-state index contributed by atoms with van der Waals surface area (Å²) < 4.78 is 23.0. The summed E-state index contributed by atoms with van der Waals surface area (Å²) in [5.74, 6) is -0.233. The van der Waals surface area contributed by atoms with Crippen molar-refractivity contribution >= 4 is 13.7 Å². The van der Waals surface area contributed by atoms with E-state index in [2.05, 4.69) is 67.8 Å². The summed E-state index contributed by atoms with van der Waals surface area (Å²) in [5, 5.41) is 13.6. The Kier molecular flexibility index (Phi) is 29.1. The molecule has 9 heteroatoms. The minimum Gasteiger partial charge on any atom is -0.756 e. The van der Waals surface area contributed by atoms with E-state index in [0.29, 0.717) is 17.4 Å². The Bertz CT molecular complexity index is 954. The smallest absolute Gasteiger partial charge is 0.268 e. The Morgan fingerprint density at radius 2 is 1.30 bits per heavy atom. The van der Waals surface area contributed by atoms with E-state index in [9.17, 15) is 19.4 Å². The van der Waals surface area contributed by atoms with Crippen molar-refractivity contribution in [3.8, 4) is 0 Å². The van der Waals surface area contributed by atoms with Gasteiger partial charge in [0.05, 0.1) is 39.9 Å². The largest absolute Gasteiger partial charge is 0.756 e. The highest BCUT2D eigenvalue weighted by molar-refractivity contribution is 7.45. The van der Waals surface area contributed by atoms with Gasteiger partial charge in [0.1, 0.15) is 13.2 Å². The van der Waals surface area contributed by atoms with E-state index in [1.807, 2.05) is 27.2 Å². The molecule has 2 N–H and O–H groups in total. The van der Waals surface area contributed by atoms with Crippen LogP contribution in [0.3, 0.4) is 0 Å². The maximum absolute atomic E-state index is 12.7. The third kappa shape index (κ3) is 32.5. The molecule has 1 amide bonds. The van der Waals surface area contributed by atoms with Crippen molar-refractivity contribution in [1.82, 2.24) is 5.32 Å². The number of carbonyl (C=O) groups excluding carboxylic acids is 1. The van der Waals surface area contributed by atoms with Crippen LogP contribution in [0.5, 0.6) is 0 Å². The molecule has 0 aliphatic carbocycles. The number of nitrogens with one attached hydrogen (secondary N) is 1. The number of amides is 1. The summed E-state index contributed by atoms with van der Waals surface area (Å²) in [7, 11) is 1.21. The number of rotatable bonds is 31. The number of allylic oxidation sites excluding steroid dienone is 9. The molecule has 3 atom stereocenters. The second-order valence-corrected chi connectivity index (χ2v) is 14.6. The van der Waals surface area contributed by atoms with E-state index in [-0.39, 0.29) is 12.5 Å². The predicted octanol–water partition coefficient (Wildman–Crippen LogP) is 8.49. The molecule has 0 heterocycles. The average molecular weight is 681 g/mol. The van der Waals surface area contributed by atoms with Crippen LogP contribution in [0.1, 0.15) is 123 Å². The first-order chi connectivity index (χ1) is 22.5. The lowest BCUT2D eigenvalue weighted by Crippen LogP contribution is -2.45. The van der Waals surface area contributed by atoms with Crippen molar-refractivity contribution in [3.63, 3.8) is 0 Å². The lowest BCUT2D eigenvalue weighted by molar-refractivity contribution is -0.870. The Hall–Kier alpha value is -1.80. The van der Waals surface area contributed by atoms with Gasteiger partial charge in [-0.2, -0.15) is 0 Å². The molecule has 0 aromatic rings. The Balaban J connectivity index is 4.66. The zero-order valence-electron chi connectivity index (χ0n) is 30.5. The summed E-state index contributed by atoms with van der Waals surface area (Å²) in [6, 6.07) is -0.915. The summed E-state index contributed by atoms with van der Waals surface area (Å²) in [6.07, 6.45) is 36.9. The SMILES string of the molecule is CCC/C=C/CC/C=C/CC/C=C/C(O)C(COP(=O)([O-])OCC[N+](C)(C)C)NC(=O)CCCCCCC/C=C\C/C=C\CCCC. The number of aliphatic hydroxyl groups is 1. The van der Waals surface area contributed by atoms with E-state index in [4.69, 9.17) is 9.05 Å². The van der Waals surface area contributed by atoms with Crippen molar-refractivity contribution in [2.24, 2.45) is 0 Å². The normalized spacial score (nSPS) is 15.5. The van der Waals surface area contributed by atoms with Gasteiger partial charge in [-0.25, -0.2) is 0 Å². The van der Waals surface area contributed by atoms with Gasteiger partial charge in [-0.15, -0.1) is 0 Å². The summed E-state index contributed by atoms with van der Waals surface area (Å²) in [6.45, 7) is 4.44. The first kappa shape index (κ1) is 45.2. The van der Waals surface area contributed by atoms with Crippen LogP contribution in [-0.4, -0.2) is 68.5 Å². The molecule has 0 aromatic heterocycles. The molecule has 0 saturated carbocycles. The molecule has 47 heavy (non-hydrogen) atoms. The topological polar surface area (TPSA) is 108 Å².